The van der Waals surface area contributed by atoms with E-state index in [4.69, 9.17) is 19.4 Å². The standard InChI is InChI=1S/C57H34N4OS/c1-4-14-35(15-5-1)55-58-56(36-16-6-2-7-17-36)60-57(59-55)44-23-13-25-52-53(44)47-33-38(28-31-51(47)63-52)37-26-29-48-45(32-37)46-34-39(27-30-49(46)61(48)40-18-8-3-9-19-40)41-21-12-22-43-42-20-10-11-24-50(42)62-54(41)43/h1-34H. The molecular formula is C57H34N4OS. The Balaban J connectivity index is 0.995. The summed E-state index contributed by atoms with van der Waals surface area (Å²) in [5.74, 6) is 1.96. The fraction of sp³-hybridized carbons (Fsp3) is 0. The van der Waals surface area contributed by atoms with E-state index in [0.29, 0.717) is 17.5 Å². The first-order valence-corrected chi connectivity index (χ1v) is 21.9. The number of furan rings is 1. The molecule has 0 aliphatic carbocycles. The summed E-state index contributed by atoms with van der Waals surface area (Å²) in [6, 6.07) is 72.8. The predicted octanol–water partition coefficient (Wildman–Crippen LogP) is 15.6. The monoisotopic (exact) mass is 822 g/mol. The molecule has 294 valence electrons. The molecule has 0 aliphatic heterocycles. The summed E-state index contributed by atoms with van der Waals surface area (Å²) < 4.78 is 11.3. The van der Waals surface area contributed by atoms with E-state index in [-0.39, 0.29) is 0 Å². The minimum atomic E-state index is 0.650. The van der Waals surface area contributed by atoms with Crippen molar-refractivity contribution in [2.45, 2.75) is 0 Å². The van der Waals surface area contributed by atoms with Gasteiger partial charge in [0.05, 0.1) is 11.0 Å². The molecular weight excluding hydrogens is 789 g/mol. The average molecular weight is 823 g/mol. The Morgan fingerprint density at radius 2 is 0.921 bits per heavy atom. The van der Waals surface area contributed by atoms with E-state index in [0.717, 1.165) is 83.0 Å². The van der Waals surface area contributed by atoms with E-state index in [1.165, 1.54) is 25.6 Å². The molecule has 0 N–H and O–H groups in total. The molecule has 0 spiro atoms. The number of fused-ring (bicyclic) bond motifs is 9. The van der Waals surface area contributed by atoms with Gasteiger partial charge in [-0.15, -0.1) is 11.3 Å². The Kier molecular flexibility index (Phi) is 8.01. The maximum atomic E-state index is 6.52. The van der Waals surface area contributed by atoms with Crippen LogP contribution >= 0.6 is 11.3 Å². The highest BCUT2D eigenvalue weighted by Gasteiger charge is 2.20. The van der Waals surface area contributed by atoms with E-state index >= 15 is 0 Å². The van der Waals surface area contributed by atoms with Crippen LogP contribution < -0.4 is 0 Å². The van der Waals surface area contributed by atoms with Crippen LogP contribution in [0.25, 0.3) is 126 Å². The van der Waals surface area contributed by atoms with Gasteiger partial charge in [-0.3, -0.25) is 0 Å². The second-order valence-corrected chi connectivity index (χ2v) is 17.0. The van der Waals surface area contributed by atoms with Crippen molar-refractivity contribution in [2.24, 2.45) is 0 Å². The van der Waals surface area contributed by atoms with Crippen LogP contribution in [0, 0.1) is 0 Å². The molecule has 13 rings (SSSR count). The van der Waals surface area contributed by atoms with Crippen LogP contribution in [0.5, 0.6) is 0 Å². The molecule has 4 heterocycles. The van der Waals surface area contributed by atoms with Crippen molar-refractivity contribution in [1.82, 2.24) is 19.5 Å². The van der Waals surface area contributed by atoms with Gasteiger partial charge in [0.1, 0.15) is 11.2 Å². The normalized spacial score (nSPS) is 11.8. The number of benzene rings is 9. The molecule has 0 amide bonds. The Morgan fingerprint density at radius 1 is 0.365 bits per heavy atom. The van der Waals surface area contributed by atoms with Crippen LogP contribution in [0.1, 0.15) is 0 Å². The molecule has 0 aliphatic rings. The zero-order chi connectivity index (χ0) is 41.4. The molecule has 0 atom stereocenters. The van der Waals surface area contributed by atoms with Gasteiger partial charge in [0, 0.05) is 69.7 Å². The first kappa shape index (κ1) is 35.6. The van der Waals surface area contributed by atoms with Gasteiger partial charge in [-0.05, 0) is 77.4 Å². The number of para-hydroxylation sites is 3. The Morgan fingerprint density at radius 3 is 1.65 bits per heavy atom. The number of rotatable bonds is 6. The van der Waals surface area contributed by atoms with Crippen LogP contribution in [0.2, 0.25) is 0 Å². The minimum absolute atomic E-state index is 0.650. The molecule has 13 aromatic rings. The summed E-state index contributed by atoms with van der Waals surface area (Å²) in [6.45, 7) is 0. The van der Waals surface area contributed by atoms with Gasteiger partial charge in [-0.2, -0.15) is 0 Å². The molecule has 63 heavy (non-hydrogen) atoms. The molecule has 0 bridgehead atoms. The Labute approximate surface area is 365 Å². The average Bonchev–Trinajstić information content (AvgIpc) is 4.03. The number of thiophene rings is 1. The van der Waals surface area contributed by atoms with Crippen molar-refractivity contribution in [3.05, 3.63) is 206 Å². The van der Waals surface area contributed by atoms with Crippen molar-refractivity contribution in [3.8, 4) is 62.1 Å². The first-order valence-electron chi connectivity index (χ1n) is 21.1. The highest BCUT2D eigenvalue weighted by molar-refractivity contribution is 7.26. The maximum absolute atomic E-state index is 6.52. The van der Waals surface area contributed by atoms with E-state index in [2.05, 4.69) is 162 Å². The fourth-order valence-electron chi connectivity index (χ4n) is 9.32. The lowest BCUT2D eigenvalue weighted by Gasteiger charge is -2.10. The zero-order valence-electron chi connectivity index (χ0n) is 33.7. The summed E-state index contributed by atoms with van der Waals surface area (Å²) in [6.07, 6.45) is 0. The largest absolute Gasteiger partial charge is 0.455 e. The molecule has 0 saturated carbocycles. The molecule has 9 aromatic carbocycles. The van der Waals surface area contributed by atoms with Crippen LogP contribution in [0.15, 0.2) is 211 Å². The third-order valence-electron chi connectivity index (χ3n) is 12.3. The van der Waals surface area contributed by atoms with E-state index in [1.54, 1.807) is 11.3 Å². The maximum Gasteiger partial charge on any atom is 0.164 e. The van der Waals surface area contributed by atoms with Crippen molar-refractivity contribution < 1.29 is 4.42 Å². The van der Waals surface area contributed by atoms with Crippen molar-refractivity contribution >= 4 is 75.3 Å². The van der Waals surface area contributed by atoms with E-state index < -0.39 is 0 Å². The van der Waals surface area contributed by atoms with Crippen LogP contribution in [0.4, 0.5) is 0 Å². The van der Waals surface area contributed by atoms with Gasteiger partial charge in [0.15, 0.2) is 17.5 Å². The lowest BCUT2D eigenvalue weighted by Crippen LogP contribution is -2.00. The SMILES string of the molecule is c1ccc(-c2nc(-c3ccccc3)nc(-c3cccc4sc5ccc(-c6ccc7c(c6)c6cc(-c8cccc9c8oc8ccccc89)ccc6n7-c6ccccc6)cc5c34)n2)cc1. The number of hydrogen-bond acceptors (Lipinski definition) is 5. The quantitative estimate of drug-likeness (QED) is 0.168. The van der Waals surface area contributed by atoms with Crippen LogP contribution in [0.3, 0.4) is 0 Å². The summed E-state index contributed by atoms with van der Waals surface area (Å²) in [5, 5.41) is 6.96. The predicted molar refractivity (Wildman–Crippen MR) is 262 cm³/mol. The molecule has 4 aromatic heterocycles. The lowest BCUT2D eigenvalue weighted by molar-refractivity contribution is 0.670. The highest BCUT2D eigenvalue weighted by atomic mass is 32.1. The van der Waals surface area contributed by atoms with Gasteiger partial charge < -0.3 is 8.98 Å². The van der Waals surface area contributed by atoms with Gasteiger partial charge in [-0.1, -0.05) is 146 Å². The fourth-order valence-corrected chi connectivity index (χ4v) is 10.4. The molecule has 0 saturated heterocycles. The minimum Gasteiger partial charge on any atom is -0.455 e. The summed E-state index contributed by atoms with van der Waals surface area (Å²) in [5.41, 5.74) is 12.6. The third-order valence-corrected chi connectivity index (χ3v) is 13.4. The zero-order valence-corrected chi connectivity index (χ0v) is 34.6. The molecule has 0 unspecified atom stereocenters. The summed E-state index contributed by atoms with van der Waals surface area (Å²) >= 11 is 1.80. The summed E-state index contributed by atoms with van der Waals surface area (Å²) in [4.78, 5) is 15.2. The van der Waals surface area contributed by atoms with Crippen LogP contribution in [-0.2, 0) is 0 Å². The molecule has 0 radical (unpaired) electrons. The van der Waals surface area contributed by atoms with Gasteiger partial charge in [0.25, 0.3) is 0 Å². The Hall–Kier alpha value is -8.19. The summed E-state index contributed by atoms with van der Waals surface area (Å²) in [7, 11) is 0. The van der Waals surface area contributed by atoms with Crippen molar-refractivity contribution in [2.75, 3.05) is 0 Å². The number of aromatic nitrogens is 4. The lowest BCUT2D eigenvalue weighted by atomic mass is 9.98. The highest BCUT2D eigenvalue weighted by Crippen LogP contribution is 2.44. The number of nitrogens with zero attached hydrogens (tertiary/aromatic N) is 4. The second kappa shape index (κ2) is 14.2. The topological polar surface area (TPSA) is 56.7 Å². The van der Waals surface area contributed by atoms with Crippen molar-refractivity contribution in [3.63, 3.8) is 0 Å². The second-order valence-electron chi connectivity index (χ2n) is 15.9. The van der Waals surface area contributed by atoms with Gasteiger partial charge >= 0.3 is 0 Å². The van der Waals surface area contributed by atoms with E-state index in [9.17, 15) is 0 Å². The molecule has 5 nitrogen and oxygen atoms in total. The van der Waals surface area contributed by atoms with E-state index in [1.807, 2.05) is 48.5 Å². The smallest absolute Gasteiger partial charge is 0.164 e. The first-order chi connectivity index (χ1) is 31.2. The third kappa shape index (κ3) is 5.80. The number of hydrogen-bond donors (Lipinski definition) is 0. The van der Waals surface area contributed by atoms with Gasteiger partial charge in [0.2, 0.25) is 0 Å². The molecule has 6 heteroatoms. The van der Waals surface area contributed by atoms with Crippen LogP contribution in [-0.4, -0.2) is 19.5 Å². The van der Waals surface area contributed by atoms with Gasteiger partial charge in [-0.25, -0.2) is 15.0 Å². The van der Waals surface area contributed by atoms with Crippen molar-refractivity contribution in [1.29, 1.82) is 0 Å². The molecule has 0 fully saturated rings. The Bertz CT molecular complexity index is 3850.